The number of methoxy groups -OCH3 is 1. The van der Waals surface area contributed by atoms with Gasteiger partial charge in [0.15, 0.2) is 0 Å². The van der Waals surface area contributed by atoms with Gasteiger partial charge in [0, 0.05) is 24.0 Å². The van der Waals surface area contributed by atoms with E-state index in [0.29, 0.717) is 12.1 Å². The second-order valence-corrected chi connectivity index (χ2v) is 8.20. The number of hydrogen-bond donors (Lipinski definition) is 2. The summed E-state index contributed by atoms with van der Waals surface area (Å²) in [6.07, 6.45) is 4.86. The van der Waals surface area contributed by atoms with Crippen molar-refractivity contribution < 1.29 is 4.74 Å². The fraction of sp³-hybridized carbons (Fsp3) is 0.409. The first kappa shape index (κ1) is 18.3. The number of fused-ring (bicyclic) bond motifs is 1. The number of aryl methyl sites for hydroxylation is 1. The summed E-state index contributed by atoms with van der Waals surface area (Å²) in [6, 6.07) is 11.5. The van der Waals surface area contributed by atoms with Gasteiger partial charge in [-0.25, -0.2) is 4.98 Å². The van der Waals surface area contributed by atoms with Gasteiger partial charge in [-0.05, 0) is 84.8 Å². The Morgan fingerprint density at radius 1 is 1.19 bits per heavy atom. The number of benzene rings is 1. The molecule has 0 bridgehead atoms. The van der Waals surface area contributed by atoms with Crippen molar-refractivity contribution in [2.75, 3.05) is 12.4 Å². The molecule has 2 heterocycles. The van der Waals surface area contributed by atoms with Crippen LogP contribution in [0.2, 0.25) is 0 Å². The molecule has 0 spiro atoms. The van der Waals surface area contributed by atoms with Crippen LogP contribution < -0.4 is 15.4 Å². The highest BCUT2D eigenvalue weighted by atomic mass is 32.1. The summed E-state index contributed by atoms with van der Waals surface area (Å²) in [5, 5.41) is 12.9. The molecule has 0 radical (unpaired) electrons. The molecule has 3 aromatic rings. The predicted octanol–water partition coefficient (Wildman–Crippen LogP) is 5.13. The number of ether oxygens (including phenoxy) is 1. The van der Waals surface area contributed by atoms with Crippen molar-refractivity contribution in [1.29, 1.82) is 0 Å². The largest absolute Gasteiger partial charge is 0.497 e. The summed E-state index contributed by atoms with van der Waals surface area (Å²) < 4.78 is 5.34. The third kappa shape index (κ3) is 4.42. The van der Waals surface area contributed by atoms with Crippen molar-refractivity contribution in [3.8, 4) is 5.75 Å². The molecule has 142 valence electrons. The standard InChI is InChI=1S/C22H27N3OS/c1-15-10-22(25-21-7-6-19(26-2)12-20(15)21)24-18-5-3-4-17(11-18)23-13-16-8-9-27-14-16/h6-10,12,14,17-18,23H,3-5,11,13H2,1-2H3,(H,24,25). The van der Waals surface area contributed by atoms with Crippen LogP contribution >= 0.6 is 11.3 Å². The maximum atomic E-state index is 5.34. The molecule has 5 heteroatoms. The van der Waals surface area contributed by atoms with E-state index in [-0.39, 0.29) is 0 Å². The summed E-state index contributed by atoms with van der Waals surface area (Å²) in [4.78, 5) is 4.83. The van der Waals surface area contributed by atoms with Crippen molar-refractivity contribution >= 4 is 28.1 Å². The Morgan fingerprint density at radius 3 is 2.89 bits per heavy atom. The second-order valence-electron chi connectivity index (χ2n) is 7.42. The Bertz CT molecular complexity index is 894. The molecular weight excluding hydrogens is 354 g/mol. The van der Waals surface area contributed by atoms with E-state index in [1.54, 1.807) is 18.4 Å². The van der Waals surface area contributed by atoms with Gasteiger partial charge in [0.05, 0.1) is 12.6 Å². The van der Waals surface area contributed by atoms with Gasteiger partial charge < -0.3 is 15.4 Å². The zero-order chi connectivity index (χ0) is 18.6. The van der Waals surface area contributed by atoms with E-state index in [4.69, 9.17) is 9.72 Å². The third-order valence-electron chi connectivity index (χ3n) is 5.42. The highest BCUT2D eigenvalue weighted by Crippen LogP contribution is 2.27. The van der Waals surface area contributed by atoms with Gasteiger partial charge in [-0.1, -0.05) is 0 Å². The van der Waals surface area contributed by atoms with Gasteiger partial charge in [-0.3, -0.25) is 0 Å². The average molecular weight is 382 g/mol. The van der Waals surface area contributed by atoms with Crippen LogP contribution in [0.1, 0.15) is 36.8 Å². The van der Waals surface area contributed by atoms with Crippen molar-refractivity contribution in [3.63, 3.8) is 0 Å². The first-order chi connectivity index (χ1) is 13.2. The number of pyridine rings is 1. The normalized spacial score (nSPS) is 19.9. The van der Waals surface area contributed by atoms with Crippen LogP contribution in [0.4, 0.5) is 5.82 Å². The molecule has 0 amide bonds. The van der Waals surface area contributed by atoms with E-state index >= 15 is 0 Å². The Balaban J connectivity index is 1.42. The fourth-order valence-corrected chi connectivity index (χ4v) is 4.61. The topological polar surface area (TPSA) is 46.2 Å². The van der Waals surface area contributed by atoms with Crippen LogP contribution in [0.25, 0.3) is 10.9 Å². The Morgan fingerprint density at radius 2 is 2.07 bits per heavy atom. The SMILES string of the molecule is COc1ccc2nc(NC3CCCC(NCc4ccsc4)C3)cc(C)c2c1. The van der Waals surface area contributed by atoms with Crippen molar-refractivity contribution in [2.45, 2.75) is 51.2 Å². The lowest BCUT2D eigenvalue weighted by Gasteiger charge is -2.31. The predicted molar refractivity (Wildman–Crippen MR) is 114 cm³/mol. The number of hydrogen-bond acceptors (Lipinski definition) is 5. The third-order valence-corrected chi connectivity index (χ3v) is 6.16. The maximum absolute atomic E-state index is 5.34. The molecule has 4 nitrogen and oxygen atoms in total. The lowest BCUT2D eigenvalue weighted by Crippen LogP contribution is -2.38. The monoisotopic (exact) mass is 381 g/mol. The summed E-state index contributed by atoms with van der Waals surface area (Å²) in [7, 11) is 1.70. The van der Waals surface area contributed by atoms with E-state index in [9.17, 15) is 0 Å². The lowest BCUT2D eigenvalue weighted by molar-refractivity contribution is 0.350. The number of nitrogens with one attached hydrogen (secondary N) is 2. The second kappa shape index (κ2) is 8.28. The Hall–Kier alpha value is -2.11. The van der Waals surface area contributed by atoms with E-state index < -0.39 is 0 Å². The summed E-state index contributed by atoms with van der Waals surface area (Å²) >= 11 is 1.76. The molecule has 0 aliphatic heterocycles. The van der Waals surface area contributed by atoms with Gasteiger partial charge in [-0.15, -0.1) is 0 Å². The molecular formula is C22H27N3OS. The van der Waals surface area contributed by atoms with Gasteiger partial charge in [0.1, 0.15) is 11.6 Å². The first-order valence-corrected chi connectivity index (χ1v) is 10.6. The van der Waals surface area contributed by atoms with Gasteiger partial charge in [0.25, 0.3) is 0 Å². The minimum absolute atomic E-state index is 0.473. The van der Waals surface area contributed by atoms with Crippen molar-refractivity contribution in [1.82, 2.24) is 10.3 Å². The fourth-order valence-electron chi connectivity index (χ4n) is 3.95. The molecule has 1 aromatic carbocycles. The molecule has 2 atom stereocenters. The number of rotatable bonds is 6. The lowest BCUT2D eigenvalue weighted by atomic mass is 9.91. The quantitative estimate of drug-likeness (QED) is 0.622. The highest BCUT2D eigenvalue weighted by molar-refractivity contribution is 7.07. The Labute approximate surface area is 165 Å². The number of thiophene rings is 1. The van der Waals surface area contributed by atoms with Crippen molar-refractivity contribution in [3.05, 3.63) is 52.2 Å². The van der Waals surface area contributed by atoms with Gasteiger partial charge in [0.2, 0.25) is 0 Å². The molecule has 2 unspecified atom stereocenters. The number of anilines is 1. The minimum Gasteiger partial charge on any atom is -0.497 e. The molecule has 0 saturated heterocycles. The highest BCUT2D eigenvalue weighted by Gasteiger charge is 2.22. The number of nitrogens with zero attached hydrogens (tertiary/aromatic N) is 1. The molecule has 1 aliphatic rings. The van der Waals surface area contributed by atoms with Crippen LogP contribution in [0.5, 0.6) is 5.75 Å². The van der Waals surface area contributed by atoms with Gasteiger partial charge >= 0.3 is 0 Å². The summed E-state index contributed by atoms with van der Waals surface area (Å²) in [5.41, 5.74) is 3.63. The van der Waals surface area contributed by atoms with Gasteiger partial charge in [-0.2, -0.15) is 11.3 Å². The molecule has 27 heavy (non-hydrogen) atoms. The van der Waals surface area contributed by atoms with Crippen molar-refractivity contribution in [2.24, 2.45) is 0 Å². The maximum Gasteiger partial charge on any atom is 0.127 e. The van der Waals surface area contributed by atoms with E-state index in [1.807, 2.05) is 12.1 Å². The van der Waals surface area contributed by atoms with Crippen LogP contribution in [0, 0.1) is 6.92 Å². The molecule has 1 aliphatic carbocycles. The molecule has 4 rings (SSSR count). The minimum atomic E-state index is 0.473. The summed E-state index contributed by atoms with van der Waals surface area (Å²) in [6.45, 7) is 3.11. The van der Waals surface area contributed by atoms with E-state index in [1.165, 1.54) is 30.4 Å². The zero-order valence-corrected chi connectivity index (χ0v) is 16.8. The van der Waals surface area contributed by atoms with Crippen LogP contribution in [0.15, 0.2) is 41.1 Å². The number of aromatic nitrogens is 1. The van der Waals surface area contributed by atoms with E-state index in [2.05, 4.69) is 46.5 Å². The molecule has 2 aromatic heterocycles. The van der Waals surface area contributed by atoms with Crippen LogP contribution in [-0.4, -0.2) is 24.2 Å². The first-order valence-electron chi connectivity index (χ1n) is 9.67. The Kier molecular flexibility index (Phi) is 5.60. The van der Waals surface area contributed by atoms with Crippen LogP contribution in [-0.2, 0) is 6.54 Å². The van der Waals surface area contributed by atoms with Crippen LogP contribution in [0.3, 0.4) is 0 Å². The van der Waals surface area contributed by atoms with E-state index in [0.717, 1.165) is 35.4 Å². The molecule has 2 N–H and O–H groups in total. The average Bonchev–Trinajstić information content (AvgIpc) is 3.20. The molecule has 1 fully saturated rings. The zero-order valence-electron chi connectivity index (χ0n) is 16.0. The summed E-state index contributed by atoms with van der Waals surface area (Å²) in [5.74, 6) is 1.86. The smallest absolute Gasteiger partial charge is 0.127 e. The molecule has 1 saturated carbocycles.